The molecule has 170 valence electrons. The number of nitrogens with zero attached hydrogens (tertiary/aromatic N) is 4. The lowest BCUT2D eigenvalue weighted by atomic mass is 10.1. The highest BCUT2D eigenvalue weighted by molar-refractivity contribution is 5.94. The number of benzene rings is 1. The Hall–Kier alpha value is -4.39. The Morgan fingerprint density at radius 2 is 1.85 bits per heavy atom. The third-order valence-corrected chi connectivity index (χ3v) is 5.37. The molecule has 1 N–H and O–H groups in total. The van der Waals surface area contributed by atoms with E-state index in [1.54, 1.807) is 42.5 Å². The summed E-state index contributed by atoms with van der Waals surface area (Å²) in [6.45, 7) is 2.52. The number of carbonyl (C=O) groups is 2. The number of hydrogen-bond donors (Lipinski definition) is 1. The summed E-state index contributed by atoms with van der Waals surface area (Å²) in [5.41, 5.74) is 4.83. The van der Waals surface area contributed by atoms with E-state index in [-0.39, 0.29) is 5.78 Å². The van der Waals surface area contributed by atoms with Crippen molar-refractivity contribution in [3.05, 3.63) is 102 Å². The highest BCUT2D eigenvalue weighted by Crippen LogP contribution is 2.29. The lowest BCUT2D eigenvalue weighted by molar-refractivity contribution is -0.107. The van der Waals surface area contributed by atoms with Crippen LogP contribution < -0.4 is 10.2 Å². The SMILES string of the molecule is CC(=O)c1ccc(-c2ccc(N(C=O)Cc3cccnc3)c(NCCc3ccccn3)n2)cc1. The Balaban J connectivity index is 1.63. The molecular weight excluding hydrogens is 426 g/mol. The molecule has 0 spiro atoms. The fourth-order valence-corrected chi connectivity index (χ4v) is 3.57. The van der Waals surface area contributed by atoms with Crippen molar-refractivity contribution in [3.63, 3.8) is 0 Å². The zero-order valence-corrected chi connectivity index (χ0v) is 18.9. The van der Waals surface area contributed by atoms with Gasteiger partial charge in [0.15, 0.2) is 11.6 Å². The molecule has 7 nitrogen and oxygen atoms in total. The van der Waals surface area contributed by atoms with Crippen LogP contribution in [0.15, 0.2) is 85.3 Å². The highest BCUT2D eigenvalue weighted by Gasteiger charge is 2.15. The number of aromatic nitrogens is 3. The molecule has 0 aliphatic rings. The van der Waals surface area contributed by atoms with E-state index in [1.165, 1.54) is 0 Å². The number of amides is 1. The van der Waals surface area contributed by atoms with Gasteiger partial charge in [-0.05, 0) is 42.8 Å². The van der Waals surface area contributed by atoms with E-state index in [2.05, 4.69) is 15.3 Å². The molecule has 3 heterocycles. The summed E-state index contributed by atoms with van der Waals surface area (Å²) >= 11 is 0. The minimum absolute atomic E-state index is 0.0174. The molecule has 0 saturated carbocycles. The van der Waals surface area contributed by atoms with Crippen molar-refractivity contribution in [2.24, 2.45) is 0 Å². The fraction of sp³-hybridized carbons (Fsp3) is 0.148. The third-order valence-electron chi connectivity index (χ3n) is 5.37. The quantitative estimate of drug-likeness (QED) is 0.281. The lowest BCUT2D eigenvalue weighted by Crippen LogP contribution is -2.23. The Morgan fingerprint density at radius 3 is 2.53 bits per heavy atom. The normalized spacial score (nSPS) is 10.5. The zero-order chi connectivity index (χ0) is 23.8. The van der Waals surface area contributed by atoms with Crippen LogP contribution in [0.4, 0.5) is 11.5 Å². The Kier molecular flexibility index (Phi) is 7.35. The molecule has 4 aromatic rings. The molecule has 0 aliphatic carbocycles. The molecule has 34 heavy (non-hydrogen) atoms. The second-order valence-corrected chi connectivity index (χ2v) is 7.79. The monoisotopic (exact) mass is 451 g/mol. The van der Waals surface area contributed by atoms with Crippen LogP contribution in [0.1, 0.15) is 28.5 Å². The number of anilines is 2. The maximum absolute atomic E-state index is 12.0. The van der Waals surface area contributed by atoms with Gasteiger partial charge in [0, 0.05) is 48.4 Å². The van der Waals surface area contributed by atoms with Crippen molar-refractivity contribution in [1.29, 1.82) is 0 Å². The largest absolute Gasteiger partial charge is 0.368 e. The van der Waals surface area contributed by atoms with Crippen LogP contribution in [-0.2, 0) is 17.8 Å². The summed E-state index contributed by atoms with van der Waals surface area (Å²) in [6.07, 6.45) is 6.72. The van der Waals surface area contributed by atoms with E-state index in [4.69, 9.17) is 4.98 Å². The smallest absolute Gasteiger partial charge is 0.214 e. The number of rotatable bonds is 10. The van der Waals surface area contributed by atoms with Gasteiger partial charge in [-0.3, -0.25) is 19.6 Å². The lowest BCUT2D eigenvalue weighted by Gasteiger charge is -2.21. The van der Waals surface area contributed by atoms with Crippen molar-refractivity contribution < 1.29 is 9.59 Å². The van der Waals surface area contributed by atoms with Gasteiger partial charge in [-0.15, -0.1) is 0 Å². The highest BCUT2D eigenvalue weighted by atomic mass is 16.1. The van der Waals surface area contributed by atoms with E-state index in [0.717, 1.165) is 28.9 Å². The number of pyridine rings is 3. The van der Waals surface area contributed by atoms with Gasteiger partial charge < -0.3 is 10.2 Å². The molecule has 1 aromatic carbocycles. The number of ketones is 1. The van der Waals surface area contributed by atoms with Crippen molar-refractivity contribution in [1.82, 2.24) is 15.0 Å². The van der Waals surface area contributed by atoms with Crippen molar-refractivity contribution in [3.8, 4) is 11.3 Å². The Bertz CT molecular complexity index is 1250. The third kappa shape index (κ3) is 5.69. The van der Waals surface area contributed by atoms with Gasteiger partial charge in [0.2, 0.25) is 6.41 Å². The first-order valence-electron chi connectivity index (χ1n) is 11.0. The summed E-state index contributed by atoms with van der Waals surface area (Å²) in [5, 5.41) is 3.38. The van der Waals surface area contributed by atoms with Crippen LogP contribution in [0.25, 0.3) is 11.3 Å². The molecular formula is C27H25N5O2. The second-order valence-electron chi connectivity index (χ2n) is 7.79. The summed E-state index contributed by atoms with van der Waals surface area (Å²) in [5.74, 6) is 0.615. The zero-order valence-electron chi connectivity index (χ0n) is 18.9. The Morgan fingerprint density at radius 1 is 1.00 bits per heavy atom. The fourth-order valence-electron chi connectivity index (χ4n) is 3.57. The first kappa shape index (κ1) is 22.8. The van der Waals surface area contributed by atoms with Crippen LogP contribution >= 0.6 is 0 Å². The number of carbonyl (C=O) groups excluding carboxylic acids is 2. The second kappa shape index (κ2) is 11.0. The van der Waals surface area contributed by atoms with Gasteiger partial charge in [-0.1, -0.05) is 36.4 Å². The average Bonchev–Trinajstić information content (AvgIpc) is 2.89. The van der Waals surface area contributed by atoms with Crippen LogP contribution in [0.3, 0.4) is 0 Å². The van der Waals surface area contributed by atoms with Crippen molar-refractivity contribution in [2.75, 3.05) is 16.8 Å². The first-order valence-corrected chi connectivity index (χ1v) is 11.0. The van der Waals surface area contributed by atoms with Crippen LogP contribution in [0.5, 0.6) is 0 Å². The molecule has 0 bridgehead atoms. The van der Waals surface area contributed by atoms with E-state index >= 15 is 0 Å². The molecule has 0 aliphatic heterocycles. The Labute approximate surface area is 198 Å². The number of Topliss-reactive ketones (excluding diaryl/α,β-unsaturated/α-hetero) is 1. The minimum atomic E-state index is 0.0174. The molecule has 3 aromatic heterocycles. The van der Waals surface area contributed by atoms with Gasteiger partial charge in [0.05, 0.1) is 17.9 Å². The number of hydrogen-bond acceptors (Lipinski definition) is 6. The van der Waals surface area contributed by atoms with Gasteiger partial charge in [0.1, 0.15) is 0 Å². The minimum Gasteiger partial charge on any atom is -0.368 e. The van der Waals surface area contributed by atoms with E-state index < -0.39 is 0 Å². The average molecular weight is 452 g/mol. The molecule has 7 heteroatoms. The van der Waals surface area contributed by atoms with Crippen LogP contribution in [0.2, 0.25) is 0 Å². The predicted molar refractivity (Wildman–Crippen MR) is 133 cm³/mol. The maximum atomic E-state index is 12.0. The molecule has 0 atom stereocenters. The molecule has 4 rings (SSSR count). The maximum Gasteiger partial charge on any atom is 0.214 e. The van der Waals surface area contributed by atoms with E-state index in [9.17, 15) is 9.59 Å². The van der Waals surface area contributed by atoms with Crippen LogP contribution in [-0.4, -0.2) is 33.7 Å². The van der Waals surface area contributed by atoms with E-state index in [1.807, 2.05) is 54.6 Å². The van der Waals surface area contributed by atoms with Gasteiger partial charge in [0.25, 0.3) is 0 Å². The van der Waals surface area contributed by atoms with Gasteiger partial charge in [-0.25, -0.2) is 4.98 Å². The predicted octanol–water partition coefficient (Wildman–Crippen LogP) is 4.56. The van der Waals surface area contributed by atoms with Gasteiger partial charge >= 0.3 is 0 Å². The topological polar surface area (TPSA) is 88.1 Å². The molecule has 0 unspecified atom stereocenters. The summed E-state index contributed by atoms with van der Waals surface area (Å²) in [4.78, 5) is 38.6. The molecule has 0 saturated heterocycles. The molecule has 0 fully saturated rings. The molecule has 1 amide bonds. The summed E-state index contributed by atoms with van der Waals surface area (Å²) in [7, 11) is 0. The van der Waals surface area contributed by atoms with Crippen molar-refractivity contribution in [2.45, 2.75) is 19.9 Å². The standard InChI is InChI=1S/C27H25N5O2/c1-20(34)22-7-9-23(10-8-22)25-11-12-26(32(19-33)18-21-5-4-14-28-17-21)27(31-25)30-16-13-24-6-2-3-15-29-24/h2-12,14-15,17,19H,13,16,18H2,1H3,(H,30,31). The van der Waals surface area contributed by atoms with E-state index in [0.29, 0.717) is 36.6 Å². The summed E-state index contributed by atoms with van der Waals surface area (Å²) in [6, 6.07) is 20.7. The first-order chi connectivity index (χ1) is 16.6. The van der Waals surface area contributed by atoms with Crippen molar-refractivity contribution >= 4 is 23.7 Å². The molecule has 0 radical (unpaired) electrons. The number of nitrogens with one attached hydrogen (secondary N) is 1. The van der Waals surface area contributed by atoms with Crippen LogP contribution in [0, 0.1) is 0 Å². The summed E-state index contributed by atoms with van der Waals surface area (Å²) < 4.78 is 0. The van der Waals surface area contributed by atoms with Gasteiger partial charge in [-0.2, -0.15) is 0 Å².